The lowest BCUT2D eigenvalue weighted by molar-refractivity contribution is 0.00682. The molecule has 5 aromatic rings. The summed E-state index contributed by atoms with van der Waals surface area (Å²) in [6.07, 6.45) is 0. The summed E-state index contributed by atoms with van der Waals surface area (Å²) >= 11 is 0. The molecule has 0 saturated heterocycles. The lowest BCUT2D eigenvalue weighted by Gasteiger charge is -2.22. The minimum absolute atomic E-state index is 0.0326. The van der Waals surface area contributed by atoms with Gasteiger partial charge in [-0.25, -0.2) is 4.79 Å². The van der Waals surface area contributed by atoms with E-state index in [0.29, 0.717) is 0 Å². The van der Waals surface area contributed by atoms with Crippen molar-refractivity contribution in [3.05, 3.63) is 155 Å². The lowest BCUT2D eigenvalue weighted by atomic mass is 9.97. The average molecular weight is 617 g/mol. The summed E-state index contributed by atoms with van der Waals surface area (Å²) in [5.74, 6) is -1.09. The van der Waals surface area contributed by atoms with Crippen LogP contribution >= 0.6 is 0 Å². The van der Waals surface area contributed by atoms with E-state index in [9.17, 15) is 14.7 Å². The Labute approximate surface area is 269 Å². The second kappa shape index (κ2) is 14.5. The molecule has 0 fully saturated rings. The molecule has 0 aliphatic heterocycles. The first-order valence-corrected chi connectivity index (χ1v) is 15.0. The zero-order valence-electron chi connectivity index (χ0n) is 26.1. The molecular formula is C39H36O7. The van der Waals surface area contributed by atoms with Crippen molar-refractivity contribution < 1.29 is 33.6 Å². The summed E-state index contributed by atoms with van der Waals surface area (Å²) in [4.78, 5) is 27.9. The number of aromatic hydroxyl groups is 1. The Kier molecular flexibility index (Phi) is 10.0. The van der Waals surface area contributed by atoms with Gasteiger partial charge >= 0.3 is 5.97 Å². The molecule has 0 aromatic heterocycles. The highest BCUT2D eigenvalue weighted by Gasteiger charge is 2.29. The number of phenolic OH excluding ortho intramolecular Hbond substituents is 1. The number of ether oxygens (including phenoxy) is 4. The lowest BCUT2D eigenvalue weighted by Crippen LogP contribution is -2.24. The molecule has 0 spiro atoms. The molecule has 7 nitrogen and oxygen atoms in total. The molecule has 0 atom stereocenters. The number of hydrogen-bond acceptors (Lipinski definition) is 7. The van der Waals surface area contributed by atoms with E-state index in [0.717, 1.165) is 16.7 Å². The van der Waals surface area contributed by atoms with Gasteiger partial charge in [-0.3, -0.25) is 4.79 Å². The van der Waals surface area contributed by atoms with Gasteiger partial charge in [0, 0.05) is 0 Å². The van der Waals surface area contributed by atoms with Gasteiger partial charge in [0.25, 0.3) is 0 Å². The predicted octanol–water partition coefficient (Wildman–Crippen LogP) is 8.32. The van der Waals surface area contributed by atoms with E-state index in [1.54, 1.807) is 32.9 Å². The van der Waals surface area contributed by atoms with Crippen LogP contribution in [0.2, 0.25) is 0 Å². The van der Waals surface area contributed by atoms with Crippen LogP contribution in [0.1, 0.15) is 63.7 Å². The van der Waals surface area contributed by atoms with Crippen molar-refractivity contribution in [3.8, 4) is 23.0 Å². The van der Waals surface area contributed by atoms with E-state index >= 15 is 0 Å². The number of phenols is 1. The fraction of sp³-hybridized carbons (Fsp3) is 0.179. The Hall–Kier alpha value is -5.56. The summed E-state index contributed by atoms with van der Waals surface area (Å²) in [5, 5.41) is 11.0. The van der Waals surface area contributed by atoms with Crippen LogP contribution in [0.25, 0.3) is 0 Å². The molecule has 0 aliphatic rings. The van der Waals surface area contributed by atoms with E-state index in [4.69, 9.17) is 18.9 Å². The molecule has 7 heteroatoms. The molecule has 0 unspecified atom stereocenters. The van der Waals surface area contributed by atoms with Crippen LogP contribution in [-0.4, -0.2) is 22.5 Å². The molecule has 0 saturated carbocycles. The van der Waals surface area contributed by atoms with Crippen LogP contribution in [0.15, 0.2) is 121 Å². The third-order valence-electron chi connectivity index (χ3n) is 6.87. The first-order valence-electron chi connectivity index (χ1n) is 15.0. The summed E-state index contributed by atoms with van der Waals surface area (Å²) in [6, 6.07) is 36.0. The van der Waals surface area contributed by atoms with Gasteiger partial charge in [0.15, 0.2) is 0 Å². The fourth-order valence-electron chi connectivity index (χ4n) is 4.70. The first kappa shape index (κ1) is 31.9. The number of esters is 1. The van der Waals surface area contributed by atoms with Crippen LogP contribution in [-0.2, 0) is 24.6 Å². The van der Waals surface area contributed by atoms with Crippen molar-refractivity contribution in [1.29, 1.82) is 0 Å². The minimum Gasteiger partial charge on any atom is -0.507 e. The predicted molar refractivity (Wildman–Crippen MR) is 175 cm³/mol. The Balaban J connectivity index is 1.61. The van der Waals surface area contributed by atoms with E-state index in [1.165, 1.54) is 18.2 Å². The standard InChI is InChI=1S/C39H36O7/c1-39(2,3)46-38(42)30-22-33(44-25-28-16-9-5-10-17-28)36(34(23-30)45-26-29-18-11-6-12-19-29)37(41)35-31(40)20-13-21-32(35)43-24-27-14-7-4-8-15-27/h4-23,40H,24-26H2,1-3H3. The largest absolute Gasteiger partial charge is 0.507 e. The number of hydrogen-bond donors (Lipinski definition) is 1. The third-order valence-corrected chi connectivity index (χ3v) is 6.87. The van der Waals surface area contributed by atoms with Gasteiger partial charge in [0.2, 0.25) is 5.78 Å². The maximum Gasteiger partial charge on any atom is 0.338 e. The molecule has 0 bridgehead atoms. The number of carbonyl (C=O) groups excluding carboxylic acids is 2. The molecule has 0 amide bonds. The summed E-state index contributed by atoms with van der Waals surface area (Å²) < 4.78 is 24.2. The second-order valence-corrected chi connectivity index (χ2v) is 11.7. The third kappa shape index (κ3) is 8.33. The quantitative estimate of drug-likeness (QED) is 0.111. The molecular weight excluding hydrogens is 580 g/mol. The molecule has 0 radical (unpaired) electrons. The summed E-state index contributed by atoms with van der Waals surface area (Å²) in [6.45, 7) is 5.72. The smallest absolute Gasteiger partial charge is 0.338 e. The van der Waals surface area contributed by atoms with Crippen LogP contribution in [0, 0.1) is 0 Å². The topological polar surface area (TPSA) is 91.3 Å². The van der Waals surface area contributed by atoms with Gasteiger partial charge in [0.1, 0.15) is 59.5 Å². The van der Waals surface area contributed by atoms with Gasteiger partial charge in [-0.2, -0.15) is 0 Å². The van der Waals surface area contributed by atoms with Gasteiger partial charge < -0.3 is 24.1 Å². The van der Waals surface area contributed by atoms with E-state index < -0.39 is 17.4 Å². The molecule has 5 aromatic carbocycles. The molecule has 46 heavy (non-hydrogen) atoms. The minimum atomic E-state index is -0.761. The maximum atomic E-state index is 14.6. The van der Waals surface area contributed by atoms with Crippen molar-refractivity contribution in [1.82, 2.24) is 0 Å². The normalized spacial score (nSPS) is 11.0. The van der Waals surface area contributed by atoms with E-state index in [2.05, 4.69) is 0 Å². The van der Waals surface area contributed by atoms with Crippen LogP contribution in [0.3, 0.4) is 0 Å². The van der Waals surface area contributed by atoms with E-state index in [-0.39, 0.29) is 59.5 Å². The zero-order chi connectivity index (χ0) is 32.5. The van der Waals surface area contributed by atoms with E-state index in [1.807, 2.05) is 91.0 Å². The highest BCUT2D eigenvalue weighted by molar-refractivity contribution is 6.16. The number of carbonyl (C=O) groups is 2. The molecule has 0 aliphatic carbocycles. The molecule has 234 valence electrons. The van der Waals surface area contributed by atoms with Crippen molar-refractivity contribution in [2.24, 2.45) is 0 Å². The van der Waals surface area contributed by atoms with Gasteiger partial charge in [-0.15, -0.1) is 0 Å². The first-order chi connectivity index (χ1) is 22.2. The Morgan fingerprint density at radius 1 is 0.565 bits per heavy atom. The van der Waals surface area contributed by atoms with Crippen LogP contribution < -0.4 is 14.2 Å². The molecule has 1 N–H and O–H groups in total. The average Bonchev–Trinajstić information content (AvgIpc) is 3.05. The van der Waals surface area contributed by atoms with Gasteiger partial charge in [-0.05, 0) is 61.7 Å². The Morgan fingerprint density at radius 2 is 1.00 bits per heavy atom. The fourth-order valence-corrected chi connectivity index (χ4v) is 4.70. The molecule has 5 rings (SSSR count). The highest BCUT2D eigenvalue weighted by atomic mass is 16.6. The highest BCUT2D eigenvalue weighted by Crippen LogP contribution is 2.39. The summed E-state index contributed by atoms with van der Waals surface area (Å²) in [7, 11) is 0. The maximum absolute atomic E-state index is 14.6. The van der Waals surface area contributed by atoms with Gasteiger partial charge in [-0.1, -0.05) is 97.1 Å². The second-order valence-electron chi connectivity index (χ2n) is 11.7. The number of rotatable bonds is 12. The Morgan fingerprint density at radius 3 is 1.43 bits per heavy atom. The SMILES string of the molecule is CC(C)(C)OC(=O)c1cc(OCc2ccccc2)c(C(=O)c2c(O)cccc2OCc2ccccc2)c(OCc2ccccc2)c1. The monoisotopic (exact) mass is 616 g/mol. The van der Waals surface area contributed by atoms with Crippen molar-refractivity contribution in [2.45, 2.75) is 46.2 Å². The van der Waals surface area contributed by atoms with Crippen molar-refractivity contribution in [3.63, 3.8) is 0 Å². The van der Waals surface area contributed by atoms with Gasteiger partial charge in [0.05, 0.1) is 5.56 Å². The molecule has 0 heterocycles. The van der Waals surface area contributed by atoms with Crippen molar-refractivity contribution >= 4 is 11.8 Å². The zero-order valence-corrected chi connectivity index (χ0v) is 26.1. The van der Waals surface area contributed by atoms with Crippen molar-refractivity contribution in [2.75, 3.05) is 0 Å². The summed E-state index contributed by atoms with van der Waals surface area (Å²) in [5.41, 5.74) is 1.96. The van der Waals surface area contributed by atoms with Crippen LogP contribution in [0.4, 0.5) is 0 Å². The number of ketones is 1. The van der Waals surface area contributed by atoms with Crippen LogP contribution in [0.5, 0.6) is 23.0 Å². The Bertz CT molecular complexity index is 1710. The number of benzene rings is 5.